The lowest BCUT2D eigenvalue weighted by Crippen LogP contribution is -2.38. The van der Waals surface area contributed by atoms with Crippen molar-refractivity contribution in [3.8, 4) is 0 Å². The molecule has 1 aromatic heterocycles. The summed E-state index contributed by atoms with van der Waals surface area (Å²) in [5.74, 6) is -1.08. The van der Waals surface area contributed by atoms with Gasteiger partial charge in [0, 0.05) is 11.1 Å². The van der Waals surface area contributed by atoms with Gasteiger partial charge in [-0.05, 0) is 13.3 Å². The van der Waals surface area contributed by atoms with Crippen LogP contribution >= 0.6 is 0 Å². The topological polar surface area (TPSA) is 101 Å². The van der Waals surface area contributed by atoms with Gasteiger partial charge in [0.15, 0.2) is 18.8 Å². The minimum atomic E-state index is -1.08. The molecule has 3 aliphatic heterocycles. The molecule has 3 aliphatic rings. The summed E-state index contributed by atoms with van der Waals surface area (Å²) in [4.78, 5) is 25.6. The Bertz CT molecular complexity index is 1090. The van der Waals surface area contributed by atoms with E-state index in [0.29, 0.717) is 6.61 Å². The van der Waals surface area contributed by atoms with E-state index in [0.717, 1.165) is 28.3 Å². The number of hydrogen-bond acceptors (Lipinski definition) is 7. The van der Waals surface area contributed by atoms with E-state index in [-0.39, 0.29) is 6.10 Å². The molecule has 0 amide bonds. The minimum Gasteiger partial charge on any atom is -0.349 e. The lowest BCUT2D eigenvalue weighted by Gasteiger charge is -2.23. The highest BCUT2D eigenvalue weighted by atomic mass is 19.1. The lowest BCUT2D eigenvalue weighted by molar-refractivity contribution is -0.147. The normalized spacial score (nSPS) is 34.9. The fraction of sp³-hybridized carbons (Fsp3) is 0.524. The summed E-state index contributed by atoms with van der Waals surface area (Å²) < 4.78 is 44.7. The molecule has 31 heavy (non-hydrogen) atoms. The van der Waals surface area contributed by atoms with Gasteiger partial charge in [0.05, 0.1) is 25.0 Å². The second-order valence-corrected chi connectivity index (χ2v) is 7.87. The predicted octanol–water partition coefficient (Wildman–Crippen LogP) is 1.90. The van der Waals surface area contributed by atoms with E-state index < -0.39 is 54.2 Å². The van der Waals surface area contributed by atoms with Gasteiger partial charge in [-0.1, -0.05) is 31.2 Å². The number of nitrogens with one attached hydrogen (secondary N) is 1. The number of nitrogens with zero attached hydrogens (tertiary/aromatic N) is 1. The highest BCUT2D eigenvalue weighted by Crippen LogP contribution is 2.45. The number of halogens is 1. The zero-order chi connectivity index (χ0) is 21.7. The highest BCUT2D eigenvalue weighted by molar-refractivity contribution is 5.30. The van der Waals surface area contributed by atoms with Gasteiger partial charge < -0.3 is 23.7 Å². The second-order valence-electron chi connectivity index (χ2n) is 7.87. The molecule has 3 saturated heterocycles. The number of aromatic amines is 1. The van der Waals surface area contributed by atoms with E-state index in [1.54, 1.807) is 6.92 Å². The minimum absolute atomic E-state index is 0.0302. The monoisotopic (exact) mass is 434 g/mol. The average molecular weight is 434 g/mol. The third-order valence-corrected chi connectivity index (χ3v) is 5.89. The molecule has 5 rings (SSSR count). The standard InChI is InChI=1S/C21H23FN2O7/c1-3-11-9-27-19(29-11)12-6-4-5-7-13(12)20-30-15-10(2)28-18(16(15)31-20)24-8-14(22)17(25)23-21(24)26/h4-8,10-11,15-16,18-20H,3,9H2,1-2H3,(H,23,25,26)/t10-,11?,15-,16-,18-,19?,20?/m1/s1. The number of benzene rings is 1. The van der Waals surface area contributed by atoms with Gasteiger partial charge in [-0.15, -0.1) is 0 Å². The molecule has 2 aromatic rings. The molecular weight excluding hydrogens is 411 g/mol. The largest absolute Gasteiger partial charge is 0.349 e. The van der Waals surface area contributed by atoms with E-state index in [1.807, 2.05) is 36.2 Å². The third-order valence-electron chi connectivity index (χ3n) is 5.89. The van der Waals surface area contributed by atoms with E-state index in [1.165, 1.54) is 0 Å². The molecule has 3 fully saturated rings. The molecule has 1 N–H and O–H groups in total. The molecule has 9 nitrogen and oxygen atoms in total. The molecule has 0 spiro atoms. The first kappa shape index (κ1) is 20.5. The van der Waals surface area contributed by atoms with Crippen LogP contribution in [0.1, 0.15) is 50.2 Å². The Morgan fingerprint density at radius 3 is 2.48 bits per heavy atom. The highest BCUT2D eigenvalue weighted by Gasteiger charge is 2.53. The van der Waals surface area contributed by atoms with Crippen molar-refractivity contribution in [1.82, 2.24) is 9.55 Å². The SMILES string of the molecule is CCC1COC(c2ccccc2C2O[C@@H]3[C@H](O2)[C@@H](C)O[C@H]3n2cc(F)c(=O)[nH]c2=O)O1. The number of fused-ring (bicyclic) bond motifs is 1. The second kappa shape index (κ2) is 7.95. The van der Waals surface area contributed by atoms with Crippen LogP contribution in [-0.2, 0) is 23.7 Å². The molecule has 10 heteroatoms. The summed E-state index contributed by atoms with van der Waals surface area (Å²) in [7, 11) is 0. The summed E-state index contributed by atoms with van der Waals surface area (Å²) in [6, 6.07) is 7.53. The lowest BCUT2D eigenvalue weighted by atomic mass is 10.1. The summed E-state index contributed by atoms with van der Waals surface area (Å²) in [6.07, 6.45) is -2.08. The molecule has 3 unspecified atom stereocenters. The molecule has 4 heterocycles. The van der Waals surface area contributed by atoms with E-state index in [9.17, 15) is 14.0 Å². The van der Waals surface area contributed by atoms with Crippen LogP contribution in [0, 0.1) is 5.82 Å². The average Bonchev–Trinajstić information content (AvgIpc) is 3.47. The van der Waals surface area contributed by atoms with Crippen LogP contribution in [-0.4, -0.2) is 40.6 Å². The Hall–Kier alpha value is -2.37. The molecule has 166 valence electrons. The number of H-pyrrole nitrogens is 1. The Morgan fingerprint density at radius 2 is 1.77 bits per heavy atom. The summed E-state index contributed by atoms with van der Waals surface area (Å²) in [5, 5.41) is 0. The fourth-order valence-corrected chi connectivity index (χ4v) is 4.24. The zero-order valence-electron chi connectivity index (χ0n) is 17.0. The fourth-order valence-electron chi connectivity index (χ4n) is 4.24. The molecule has 0 aliphatic carbocycles. The number of aromatic nitrogens is 2. The first-order valence-corrected chi connectivity index (χ1v) is 10.3. The first-order chi connectivity index (χ1) is 15.0. The van der Waals surface area contributed by atoms with Crippen LogP contribution in [0.25, 0.3) is 0 Å². The Kier molecular flexibility index (Phi) is 5.27. The van der Waals surface area contributed by atoms with E-state index in [2.05, 4.69) is 0 Å². The number of rotatable bonds is 4. The van der Waals surface area contributed by atoms with E-state index in [4.69, 9.17) is 23.7 Å². The smallest absolute Gasteiger partial charge is 0.330 e. The van der Waals surface area contributed by atoms with Crippen LogP contribution < -0.4 is 11.2 Å². The van der Waals surface area contributed by atoms with Crippen molar-refractivity contribution in [2.24, 2.45) is 0 Å². The van der Waals surface area contributed by atoms with Crippen LogP contribution in [0.5, 0.6) is 0 Å². The van der Waals surface area contributed by atoms with Crippen LogP contribution in [0.15, 0.2) is 40.1 Å². The molecular formula is C21H23FN2O7. The summed E-state index contributed by atoms with van der Waals surface area (Å²) in [6.45, 7) is 4.34. The van der Waals surface area contributed by atoms with Crippen molar-refractivity contribution < 1.29 is 28.1 Å². The van der Waals surface area contributed by atoms with Crippen molar-refractivity contribution in [3.05, 3.63) is 68.2 Å². The van der Waals surface area contributed by atoms with Gasteiger partial charge in [-0.3, -0.25) is 14.3 Å². The number of ether oxygens (including phenoxy) is 5. The van der Waals surface area contributed by atoms with Gasteiger partial charge in [0.2, 0.25) is 5.82 Å². The van der Waals surface area contributed by atoms with Gasteiger partial charge in [0.25, 0.3) is 5.56 Å². The van der Waals surface area contributed by atoms with Crippen LogP contribution in [0.3, 0.4) is 0 Å². The molecule has 0 radical (unpaired) electrons. The van der Waals surface area contributed by atoms with Crippen molar-refractivity contribution in [1.29, 1.82) is 0 Å². The van der Waals surface area contributed by atoms with Gasteiger partial charge in [0.1, 0.15) is 12.2 Å². The van der Waals surface area contributed by atoms with Gasteiger partial charge in [-0.2, -0.15) is 4.39 Å². The zero-order valence-corrected chi connectivity index (χ0v) is 17.0. The van der Waals surface area contributed by atoms with Gasteiger partial charge in [-0.25, -0.2) is 4.79 Å². The van der Waals surface area contributed by atoms with E-state index >= 15 is 0 Å². The number of hydrogen-bond donors (Lipinski definition) is 1. The maximum Gasteiger partial charge on any atom is 0.330 e. The van der Waals surface area contributed by atoms with Crippen molar-refractivity contribution >= 4 is 0 Å². The quantitative estimate of drug-likeness (QED) is 0.784. The van der Waals surface area contributed by atoms with Crippen molar-refractivity contribution in [3.63, 3.8) is 0 Å². The van der Waals surface area contributed by atoms with Crippen molar-refractivity contribution in [2.45, 2.75) is 63.5 Å². The Labute approximate surface area is 176 Å². The van der Waals surface area contributed by atoms with Gasteiger partial charge >= 0.3 is 5.69 Å². The maximum absolute atomic E-state index is 13.8. The summed E-state index contributed by atoms with van der Waals surface area (Å²) in [5.41, 5.74) is -0.304. The molecule has 7 atom stereocenters. The maximum atomic E-state index is 13.8. The third kappa shape index (κ3) is 3.54. The van der Waals surface area contributed by atoms with Crippen molar-refractivity contribution in [2.75, 3.05) is 6.61 Å². The first-order valence-electron chi connectivity index (χ1n) is 10.3. The van der Waals surface area contributed by atoms with Crippen LogP contribution in [0.2, 0.25) is 0 Å². The summed E-state index contributed by atoms with van der Waals surface area (Å²) >= 11 is 0. The molecule has 1 aromatic carbocycles. The molecule has 0 saturated carbocycles. The van der Waals surface area contributed by atoms with Crippen LogP contribution in [0.4, 0.5) is 4.39 Å². The Balaban J connectivity index is 1.43. The molecule has 0 bridgehead atoms. The Morgan fingerprint density at radius 1 is 1.06 bits per heavy atom. The predicted molar refractivity (Wildman–Crippen MR) is 104 cm³/mol.